The lowest BCUT2D eigenvalue weighted by molar-refractivity contribution is -0.134. The molecule has 0 atom stereocenters. The predicted molar refractivity (Wildman–Crippen MR) is 61.4 cm³/mol. The van der Waals surface area contributed by atoms with Gasteiger partial charge in [-0.05, 0) is 12.8 Å². The third-order valence-corrected chi connectivity index (χ3v) is 3.05. The minimum Gasteiger partial charge on any atom is -0.480 e. The first-order valence-electron chi connectivity index (χ1n) is 5.24. The molecular weight excluding hydrogens is 250 g/mol. The molecule has 7 nitrogen and oxygen atoms in total. The van der Waals surface area contributed by atoms with Gasteiger partial charge in [0.2, 0.25) is 10.0 Å². The molecule has 0 saturated heterocycles. The van der Waals surface area contributed by atoms with Crippen molar-refractivity contribution < 1.29 is 27.8 Å². The van der Waals surface area contributed by atoms with Gasteiger partial charge >= 0.3 is 5.97 Å². The molecule has 0 unspecified atom stereocenters. The van der Waals surface area contributed by atoms with E-state index in [-0.39, 0.29) is 6.54 Å². The number of hydrogen-bond acceptors (Lipinski definition) is 5. The van der Waals surface area contributed by atoms with E-state index in [9.17, 15) is 13.2 Å². The first-order valence-corrected chi connectivity index (χ1v) is 6.89. The smallest absolute Gasteiger partial charge is 0.320 e. The van der Waals surface area contributed by atoms with Crippen molar-refractivity contribution in [3.05, 3.63) is 0 Å². The van der Waals surface area contributed by atoms with E-state index >= 15 is 0 Å². The molecule has 0 aliphatic carbocycles. The van der Waals surface area contributed by atoms with E-state index in [2.05, 4.69) is 4.72 Å². The number of carboxylic acids is 1. The highest BCUT2D eigenvalue weighted by molar-refractivity contribution is 7.90. The van der Waals surface area contributed by atoms with Gasteiger partial charge in [-0.1, -0.05) is 0 Å². The van der Waals surface area contributed by atoms with E-state index in [0.717, 1.165) is 0 Å². The Kier molecular flexibility index (Phi) is 8.96. The average molecular weight is 269 g/mol. The monoisotopic (exact) mass is 269 g/mol. The lowest BCUT2D eigenvalue weighted by Gasteiger charge is -2.05. The molecule has 0 bridgehead atoms. The summed E-state index contributed by atoms with van der Waals surface area (Å²) in [5.41, 5.74) is 0. The Morgan fingerprint density at radius 1 is 1.24 bits per heavy atom. The van der Waals surface area contributed by atoms with Gasteiger partial charge in [-0.25, -0.2) is 13.1 Å². The molecule has 0 spiro atoms. The summed E-state index contributed by atoms with van der Waals surface area (Å²) in [4.78, 5) is 10.2. The van der Waals surface area contributed by atoms with Crippen LogP contribution < -0.4 is 4.72 Å². The number of ether oxygens (including phenoxy) is 2. The summed E-state index contributed by atoms with van der Waals surface area (Å²) >= 11 is 0. The number of hydrogen-bond donors (Lipinski definition) is 2. The van der Waals surface area contributed by atoms with E-state index < -0.39 is 21.7 Å². The molecule has 0 fully saturated rings. The van der Waals surface area contributed by atoms with Gasteiger partial charge in [0.25, 0.3) is 0 Å². The first-order chi connectivity index (χ1) is 7.98. The maximum absolute atomic E-state index is 11.1. The lowest BCUT2D eigenvalue weighted by Crippen LogP contribution is -2.30. The molecule has 0 rings (SSSR count). The van der Waals surface area contributed by atoms with E-state index in [0.29, 0.717) is 32.7 Å². The largest absolute Gasteiger partial charge is 0.480 e. The molecule has 0 aromatic rings. The number of aliphatic carboxylic acids is 1. The van der Waals surface area contributed by atoms with Crippen molar-refractivity contribution in [3.8, 4) is 0 Å². The second-order valence-corrected chi connectivity index (χ2v) is 5.17. The van der Waals surface area contributed by atoms with Crippen molar-refractivity contribution in [1.82, 2.24) is 4.72 Å². The lowest BCUT2D eigenvalue weighted by atomic mass is 10.3. The minimum atomic E-state index is -3.69. The quantitative estimate of drug-likeness (QED) is 0.487. The van der Waals surface area contributed by atoms with Gasteiger partial charge in [0, 0.05) is 20.3 Å². The van der Waals surface area contributed by atoms with Gasteiger partial charge < -0.3 is 14.6 Å². The Balaban J connectivity index is 3.42. The number of methoxy groups -OCH3 is 1. The van der Waals surface area contributed by atoms with Gasteiger partial charge in [0.15, 0.2) is 5.75 Å². The summed E-state index contributed by atoms with van der Waals surface area (Å²) in [6.45, 7) is 1.81. The van der Waals surface area contributed by atoms with Crippen LogP contribution in [0.2, 0.25) is 0 Å². The summed E-state index contributed by atoms with van der Waals surface area (Å²) in [5, 5.41) is 8.32. The van der Waals surface area contributed by atoms with Gasteiger partial charge in [0.05, 0.1) is 13.2 Å². The topological polar surface area (TPSA) is 102 Å². The Hall–Kier alpha value is -0.700. The Bertz CT molecular complexity index is 303. The highest BCUT2D eigenvalue weighted by atomic mass is 32.2. The van der Waals surface area contributed by atoms with Crippen LogP contribution in [0, 0.1) is 0 Å². The molecule has 0 saturated carbocycles. The third kappa shape index (κ3) is 11.6. The predicted octanol–water partition coefficient (Wildman–Crippen LogP) is -0.566. The Labute approximate surface area is 101 Å². The zero-order chi connectivity index (χ0) is 13.1. The van der Waals surface area contributed by atoms with Crippen LogP contribution in [0.4, 0.5) is 0 Å². The first kappa shape index (κ1) is 16.3. The van der Waals surface area contributed by atoms with Crippen molar-refractivity contribution in [3.63, 3.8) is 0 Å². The number of nitrogens with one attached hydrogen (secondary N) is 1. The molecule has 0 aromatic heterocycles. The van der Waals surface area contributed by atoms with Gasteiger partial charge in [-0.3, -0.25) is 4.79 Å². The molecule has 8 heteroatoms. The standard InChI is InChI=1S/C9H19NO6S/c1-15-6-7-16-5-3-2-4-10-17(13,14)8-9(11)12/h10H,2-8H2,1H3,(H,11,12). The van der Waals surface area contributed by atoms with Crippen LogP contribution in [0.1, 0.15) is 12.8 Å². The number of unbranched alkanes of at least 4 members (excludes halogenated alkanes) is 1. The van der Waals surface area contributed by atoms with Crippen LogP contribution in [0.25, 0.3) is 0 Å². The van der Waals surface area contributed by atoms with Crippen molar-refractivity contribution in [1.29, 1.82) is 0 Å². The summed E-state index contributed by atoms with van der Waals surface area (Å²) in [5.74, 6) is -2.25. The Morgan fingerprint density at radius 2 is 1.94 bits per heavy atom. The van der Waals surface area contributed by atoms with E-state index in [1.807, 2.05) is 0 Å². The van der Waals surface area contributed by atoms with Gasteiger partial charge in [0.1, 0.15) is 0 Å². The fraction of sp³-hybridized carbons (Fsp3) is 0.889. The fourth-order valence-electron chi connectivity index (χ4n) is 1.01. The van der Waals surface area contributed by atoms with E-state index in [1.54, 1.807) is 7.11 Å². The second-order valence-electron chi connectivity index (χ2n) is 3.36. The molecular formula is C9H19NO6S. The van der Waals surface area contributed by atoms with Crippen LogP contribution in [-0.4, -0.2) is 58.7 Å². The molecule has 17 heavy (non-hydrogen) atoms. The molecule has 102 valence electrons. The SMILES string of the molecule is COCCOCCCCNS(=O)(=O)CC(=O)O. The Morgan fingerprint density at radius 3 is 2.53 bits per heavy atom. The molecule has 0 aromatic carbocycles. The molecule has 2 N–H and O–H groups in total. The van der Waals surface area contributed by atoms with Gasteiger partial charge in [-0.2, -0.15) is 0 Å². The van der Waals surface area contributed by atoms with E-state index in [1.165, 1.54) is 0 Å². The van der Waals surface area contributed by atoms with Crippen LogP contribution in [0.3, 0.4) is 0 Å². The number of rotatable bonds is 11. The molecule has 0 radical (unpaired) electrons. The summed E-state index contributed by atoms with van der Waals surface area (Å²) in [6.07, 6.45) is 1.31. The zero-order valence-corrected chi connectivity index (χ0v) is 10.7. The molecule has 0 amide bonds. The summed E-state index contributed by atoms with van der Waals surface area (Å²) < 4.78 is 34.3. The van der Waals surface area contributed by atoms with Crippen molar-refractivity contribution in [2.75, 3.05) is 39.2 Å². The molecule has 0 aliphatic rings. The van der Waals surface area contributed by atoms with Crippen LogP contribution in [0.15, 0.2) is 0 Å². The maximum atomic E-state index is 11.1. The molecule has 0 aliphatic heterocycles. The van der Waals surface area contributed by atoms with E-state index in [4.69, 9.17) is 14.6 Å². The highest BCUT2D eigenvalue weighted by Crippen LogP contribution is 1.91. The number of carboxylic acid groups (broad SMARTS) is 1. The maximum Gasteiger partial charge on any atom is 0.320 e. The van der Waals surface area contributed by atoms with Crippen LogP contribution >= 0.6 is 0 Å². The fourth-order valence-corrected chi connectivity index (χ4v) is 1.90. The van der Waals surface area contributed by atoms with Gasteiger partial charge in [-0.15, -0.1) is 0 Å². The second kappa shape index (κ2) is 9.34. The molecule has 0 heterocycles. The van der Waals surface area contributed by atoms with Crippen LogP contribution in [0.5, 0.6) is 0 Å². The van der Waals surface area contributed by atoms with Crippen molar-refractivity contribution in [2.24, 2.45) is 0 Å². The zero-order valence-electron chi connectivity index (χ0n) is 9.85. The number of carbonyl (C=O) groups is 1. The average Bonchev–Trinajstić information content (AvgIpc) is 2.20. The minimum absolute atomic E-state index is 0.225. The van der Waals surface area contributed by atoms with Crippen LogP contribution in [-0.2, 0) is 24.3 Å². The number of sulfonamides is 1. The van der Waals surface area contributed by atoms with Crippen molar-refractivity contribution >= 4 is 16.0 Å². The third-order valence-electron chi connectivity index (χ3n) is 1.78. The summed E-state index contributed by atoms with van der Waals surface area (Å²) in [6, 6.07) is 0. The summed E-state index contributed by atoms with van der Waals surface area (Å²) in [7, 11) is -2.11. The van der Waals surface area contributed by atoms with Crippen molar-refractivity contribution in [2.45, 2.75) is 12.8 Å². The highest BCUT2D eigenvalue weighted by Gasteiger charge is 2.13. The normalized spacial score (nSPS) is 11.6.